The molecule has 15 heavy (non-hydrogen) atoms. The normalized spacial score (nSPS) is 11.9. The highest BCUT2D eigenvalue weighted by Crippen LogP contribution is 2.13. The van der Waals surface area contributed by atoms with Crippen LogP contribution in [0.5, 0.6) is 0 Å². The van der Waals surface area contributed by atoms with Crippen LogP contribution < -0.4 is 5.32 Å². The van der Waals surface area contributed by atoms with Crippen LogP contribution >= 0.6 is 0 Å². The molecule has 0 aliphatic carbocycles. The van der Waals surface area contributed by atoms with Crippen LogP contribution in [0.25, 0.3) is 11.0 Å². The Morgan fingerprint density at radius 3 is 2.80 bits per heavy atom. The van der Waals surface area contributed by atoms with E-state index in [4.69, 9.17) is 0 Å². The van der Waals surface area contributed by atoms with Gasteiger partial charge in [-0.2, -0.15) is 0 Å². The molecule has 0 radical (unpaired) electrons. The third-order valence-corrected chi connectivity index (χ3v) is 2.08. The molecular formula is C11H15N3O. The summed E-state index contributed by atoms with van der Waals surface area (Å²) in [6.45, 7) is 3.97. The molecule has 0 amide bonds. The molecule has 0 saturated heterocycles. The number of aromatic nitrogens is 2. The first-order valence-corrected chi connectivity index (χ1v) is 4.96. The number of nitrogens with one attached hydrogen (secondary N) is 2. The van der Waals surface area contributed by atoms with E-state index in [0.29, 0.717) is 12.5 Å². The van der Waals surface area contributed by atoms with Gasteiger partial charge in [-0.3, -0.25) is 0 Å². The molecule has 0 atom stereocenters. The van der Waals surface area contributed by atoms with Crippen molar-refractivity contribution < 1.29 is 5.11 Å². The van der Waals surface area contributed by atoms with Crippen LogP contribution in [-0.2, 0) is 0 Å². The Bertz CT molecular complexity index is 423. The molecule has 4 nitrogen and oxygen atoms in total. The molecule has 3 N–H and O–H groups in total. The number of benzene rings is 1. The molecule has 2 aromatic rings. The SMILES string of the molecule is CC(C)(O)CNc1nc2ccccc2[nH]1. The number of aliphatic hydroxyl groups is 1. The number of hydrogen-bond donors (Lipinski definition) is 3. The van der Waals surface area contributed by atoms with Gasteiger partial charge < -0.3 is 15.4 Å². The smallest absolute Gasteiger partial charge is 0.201 e. The molecule has 1 aromatic carbocycles. The number of anilines is 1. The molecule has 0 aliphatic heterocycles. The van der Waals surface area contributed by atoms with E-state index in [1.54, 1.807) is 13.8 Å². The highest BCUT2D eigenvalue weighted by molar-refractivity contribution is 5.77. The summed E-state index contributed by atoms with van der Waals surface area (Å²) in [6.07, 6.45) is 0. The second-order valence-electron chi connectivity index (χ2n) is 4.27. The summed E-state index contributed by atoms with van der Waals surface area (Å²) in [5, 5.41) is 12.6. The summed E-state index contributed by atoms with van der Waals surface area (Å²) < 4.78 is 0. The van der Waals surface area contributed by atoms with Crippen molar-refractivity contribution in [2.24, 2.45) is 0 Å². The van der Waals surface area contributed by atoms with Gasteiger partial charge in [0.1, 0.15) is 0 Å². The Morgan fingerprint density at radius 2 is 2.13 bits per heavy atom. The van der Waals surface area contributed by atoms with Crippen molar-refractivity contribution in [2.45, 2.75) is 19.4 Å². The fourth-order valence-electron chi connectivity index (χ4n) is 1.34. The monoisotopic (exact) mass is 205 g/mol. The molecule has 4 heteroatoms. The van der Waals surface area contributed by atoms with E-state index >= 15 is 0 Å². The van der Waals surface area contributed by atoms with Crippen molar-refractivity contribution in [1.82, 2.24) is 9.97 Å². The Labute approximate surface area is 88.3 Å². The lowest BCUT2D eigenvalue weighted by Crippen LogP contribution is -2.29. The van der Waals surface area contributed by atoms with Crippen LogP contribution in [-0.4, -0.2) is 27.2 Å². The van der Waals surface area contributed by atoms with Crippen molar-refractivity contribution in [1.29, 1.82) is 0 Å². The van der Waals surface area contributed by atoms with Gasteiger partial charge >= 0.3 is 0 Å². The van der Waals surface area contributed by atoms with Crippen molar-refractivity contribution in [3.05, 3.63) is 24.3 Å². The van der Waals surface area contributed by atoms with Crippen LogP contribution in [0.3, 0.4) is 0 Å². The van der Waals surface area contributed by atoms with E-state index in [1.807, 2.05) is 24.3 Å². The Hall–Kier alpha value is -1.55. The molecule has 0 spiro atoms. The first-order valence-electron chi connectivity index (χ1n) is 4.96. The predicted octanol–water partition coefficient (Wildman–Crippen LogP) is 1.75. The molecule has 0 saturated carbocycles. The third-order valence-electron chi connectivity index (χ3n) is 2.08. The summed E-state index contributed by atoms with van der Waals surface area (Å²) in [4.78, 5) is 7.47. The highest BCUT2D eigenvalue weighted by Gasteiger charge is 2.12. The van der Waals surface area contributed by atoms with Gasteiger partial charge in [-0.15, -0.1) is 0 Å². The maximum absolute atomic E-state index is 9.55. The summed E-state index contributed by atoms with van der Waals surface area (Å²) in [7, 11) is 0. The summed E-state index contributed by atoms with van der Waals surface area (Å²) in [5.74, 6) is 0.693. The summed E-state index contributed by atoms with van der Waals surface area (Å²) >= 11 is 0. The Morgan fingerprint density at radius 1 is 1.40 bits per heavy atom. The zero-order valence-electron chi connectivity index (χ0n) is 8.91. The number of aromatic amines is 1. The lowest BCUT2D eigenvalue weighted by Gasteiger charge is -2.16. The van der Waals surface area contributed by atoms with E-state index in [9.17, 15) is 5.11 Å². The van der Waals surface area contributed by atoms with Crippen LogP contribution in [0.1, 0.15) is 13.8 Å². The number of rotatable bonds is 3. The average Bonchev–Trinajstić information content (AvgIpc) is 2.56. The number of hydrogen-bond acceptors (Lipinski definition) is 3. The maximum atomic E-state index is 9.55. The second kappa shape index (κ2) is 3.55. The summed E-state index contributed by atoms with van der Waals surface area (Å²) in [5.41, 5.74) is 1.19. The average molecular weight is 205 g/mol. The predicted molar refractivity (Wildman–Crippen MR) is 60.9 cm³/mol. The maximum Gasteiger partial charge on any atom is 0.201 e. The van der Waals surface area contributed by atoms with E-state index in [1.165, 1.54) is 0 Å². The minimum absolute atomic E-state index is 0.465. The van der Waals surface area contributed by atoms with Gasteiger partial charge in [0.05, 0.1) is 16.6 Å². The van der Waals surface area contributed by atoms with Gasteiger partial charge in [0.25, 0.3) is 0 Å². The van der Waals surface area contributed by atoms with Crippen LogP contribution in [0.15, 0.2) is 24.3 Å². The van der Waals surface area contributed by atoms with Crippen molar-refractivity contribution in [2.75, 3.05) is 11.9 Å². The van der Waals surface area contributed by atoms with Gasteiger partial charge in [0.15, 0.2) is 0 Å². The highest BCUT2D eigenvalue weighted by atomic mass is 16.3. The van der Waals surface area contributed by atoms with Crippen LogP contribution in [0.4, 0.5) is 5.95 Å². The standard InChI is InChI=1S/C11H15N3O/c1-11(2,15)7-12-10-13-8-5-3-4-6-9(8)14-10/h3-6,15H,7H2,1-2H3,(H2,12,13,14). The fourth-order valence-corrected chi connectivity index (χ4v) is 1.34. The molecule has 1 aromatic heterocycles. The Kier molecular flexibility index (Phi) is 2.36. The zero-order valence-corrected chi connectivity index (χ0v) is 8.91. The minimum atomic E-state index is -0.737. The number of imidazole rings is 1. The van der Waals surface area contributed by atoms with Gasteiger partial charge in [-0.25, -0.2) is 4.98 Å². The molecule has 80 valence electrons. The first-order chi connectivity index (χ1) is 7.04. The second-order valence-corrected chi connectivity index (χ2v) is 4.27. The fraction of sp³-hybridized carbons (Fsp3) is 0.364. The quantitative estimate of drug-likeness (QED) is 0.715. The number of fused-ring (bicyclic) bond motifs is 1. The van der Waals surface area contributed by atoms with Crippen LogP contribution in [0, 0.1) is 0 Å². The lowest BCUT2D eigenvalue weighted by atomic mass is 10.1. The van der Waals surface area contributed by atoms with Crippen molar-refractivity contribution in [3.63, 3.8) is 0 Å². The molecule has 0 unspecified atom stereocenters. The van der Waals surface area contributed by atoms with Gasteiger partial charge in [-0.05, 0) is 26.0 Å². The van der Waals surface area contributed by atoms with E-state index in [2.05, 4.69) is 15.3 Å². The Balaban J connectivity index is 2.16. The lowest BCUT2D eigenvalue weighted by molar-refractivity contribution is 0.0943. The van der Waals surface area contributed by atoms with Gasteiger partial charge in [-0.1, -0.05) is 12.1 Å². The molecule has 0 aliphatic rings. The van der Waals surface area contributed by atoms with Crippen LogP contribution in [0.2, 0.25) is 0 Å². The molecule has 0 fully saturated rings. The number of para-hydroxylation sites is 2. The van der Waals surface area contributed by atoms with E-state index in [-0.39, 0.29) is 0 Å². The molecule has 1 heterocycles. The minimum Gasteiger partial charge on any atom is -0.389 e. The van der Waals surface area contributed by atoms with Crippen molar-refractivity contribution in [3.8, 4) is 0 Å². The topological polar surface area (TPSA) is 60.9 Å². The van der Waals surface area contributed by atoms with Crippen molar-refractivity contribution >= 4 is 17.0 Å². The first kappa shape index (κ1) is 9.98. The zero-order chi connectivity index (χ0) is 10.9. The van der Waals surface area contributed by atoms with Gasteiger partial charge in [0.2, 0.25) is 5.95 Å². The molecule has 2 rings (SSSR count). The van der Waals surface area contributed by atoms with Gasteiger partial charge in [0, 0.05) is 6.54 Å². The van der Waals surface area contributed by atoms with E-state index < -0.39 is 5.60 Å². The number of H-pyrrole nitrogens is 1. The summed E-state index contributed by atoms with van der Waals surface area (Å²) in [6, 6.07) is 7.82. The van der Waals surface area contributed by atoms with E-state index in [0.717, 1.165) is 11.0 Å². The third kappa shape index (κ3) is 2.47. The largest absolute Gasteiger partial charge is 0.389 e. The molecular weight excluding hydrogens is 190 g/mol. The molecule has 0 bridgehead atoms. The number of nitrogens with zero attached hydrogens (tertiary/aromatic N) is 1.